The normalized spacial score (nSPS) is 12.0. The van der Waals surface area contributed by atoms with Crippen molar-refractivity contribution in [2.24, 2.45) is 5.41 Å². The number of hydrogen-bond donors (Lipinski definition) is 2. The van der Waals surface area contributed by atoms with Gasteiger partial charge in [0.25, 0.3) is 0 Å². The summed E-state index contributed by atoms with van der Waals surface area (Å²) in [6, 6.07) is 4.08. The van der Waals surface area contributed by atoms with Crippen LogP contribution in [0.15, 0.2) is 12.1 Å². The zero-order valence-corrected chi connectivity index (χ0v) is 11.2. The maximum absolute atomic E-state index is 11.1. The highest BCUT2D eigenvalue weighted by atomic mass is 16.4. The minimum Gasteiger partial charge on any atom is -0.481 e. The average Bonchev–Trinajstić information content (AvgIpc) is 2.59. The van der Waals surface area contributed by atoms with Crippen LogP contribution in [0.5, 0.6) is 0 Å². The second-order valence-corrected chi connectivity index (χ2v) is 5.50. The van der Waals surface area contributed by atoms with E-state index >= 15 is 0 Å². The molecule has 1 aromatic heterocycles. The quantitative estimate of drug-likeness (QED) is 0.875. The first-order valence-electron chi connectivity index (χ1n) is 5.99. The molecule has 0 spiro atoms. The van der Waals surface area contributed by atoms with Crippen LogP contribution >= 0.6 is 0 Å². The van der Waals surface area contributed by atoms with Gasteiger partial charge in [-0.2, -0.15) is 0 Å². The highest BCUT2D eigenvalue weighted by Crippen LogP contribution is 2.23. The SMILES string of the molecule is Cc1cc2nc(CC(C)(C)C(=O)O)[nH]c2cc1C. The van der Waals surface area contributed by atoms with E-state index in [-0.39, 0.29) is 0 Å². The highest BCUT2D eigenvalue weighted by molar-refractivity contribution is 5.78. The summed E-state index contributed by atoms with van der Waals surface area (Å²) in [6.07, 6.45) is 0.398. The number of aliphatic carboxylic acids is 1. The number of nitrogens with one attached hydrogen (secondary N) is 1. The summed E-state index contributed by atoms with van der Waals surface area (Å²) in [5, 5.41) is 9.12. The molecule has 96 valence electrons. The number of rotatable bonds is 3. The number of carboxylic acids is 1. The second kappa shape index (κ2) is 4.12. The number of fused-ring (bicyclic) bond motifs is 1. The molecule has 0 aliphatic heterocycles. The number of aromatic nitrogens is 2. The summed E-state index contributed by atoms with van der Waals surface area (Å²) in [5.41, 5.74) is 3.45. The van der Waals surface area contributed by atoms with Crippen LogP contribution in [0.1, 0.15) is 30.8 Å². The third kappa shape index (κ3) is 2.23. The van der Waals surface area contributed by atoms with Crippen LogP contribution in [0, 0.1) is 19.3 Å². The summed E-state index contributed by atoms with van der Waals surface area (Å²) in [5.74, 6) is -0.0854. The molecular formula is C14H18N2O2. The van der Waals surface area contributed by atoms with Crippen molar-refractivity contribution >= 4 is 17.0 Å². The molecule has 2 aromatic rings. The molecule has 0 fully saturated rings. The third-order valence-electron chi connectivity index (χ3n) is 3.33. The van der Waals surface area contributed by atoms with Gasteiger partial charge in [0.2, 0.25) is 0 Å². The van der Waals surface area contributed by atoms with Crippen LogP contribution in [0.3, 0.4) is 0 Å². The average molecular weight is 246 g/mol. The second-order valence-electron chi connectivity index (χ2n) is 5.50. The largest absolute Gasteiger partial charge is 0.481 e. The zero-order valence-electron chi connectivity index (χ0n) is 11.2. The molecule has 4 nitrogen and oxygen atoms in total. The molecular weight excluding hydrogens is 228 g/mol. The lowest BCUT2D eigenvalue weighted by Gasteiger charge is -2.16. The minimum atomic E-state index is -0.810. The van der Waals surface area contributed by atoms with E-state index in [1.807, 2.05) is 13.0 Å². The maximum Gasteiger partial charge on any atom is 0.309 e. The summed E-state index contributed by atoms with van der Waals surface area (Å²) in [7, 11) is 0. The highest BCUT2D eigenvalue weighted by Gasteiger charge is 2.28. The molecule has 1 heterocycles. The lowest BCUT2D eigenvalue weighted by molar-refractivity contribution is -0.146. The summed E-state index contributed by atoms with van der Waals surface area (Å²) < 4.78 is 0. The van der Waals surface area contributed by atoms with Crippen molar-refractivity contribution in [1.82, 2.24) is 9.97 Å². The number of aromatic amines is 1. The van der Waals surface area contributed by atoms with Crippen LogP contribution in [0.2, 0.25) is 0 Å². The van der Waals surface area contributed by atoms with E-state index in [0.29, 0.717) is 6.42 Å². The Morgan fingerprint density at radius 2 is 1.94 bits per heavy atom. The fourth-order valence-corrected chi connectivity index (χ4v) is 1.90. The molecule has 0 aliphatic rings. The number of imidazole rings is 1. The molecule has 0 radical (unpaired) electrons. The topological polar surface area (TPSA) is 66.0 Å². The first-order chi connectivity index (χ1) is 8.29. The lowest BCUT2D eigenvalue weighted by atomic mass is 9.89. The fourth-order valence-electron chi connectivity index (χ4n) is 1.90. The van der Waals surface area contributed by atoms with E-state index in [9.17, 15) is 4.79 Å². The molecule has 0 saturated carbocycles. The van der Waals surface area contributed by atoms with Crippen LogP contribution in [-0.2, 0) is 11.2 Å². The van der Waals surface area contributed by atoms with Gasteiger partial charge in [-0.1, -0.05) is 0 Å². The minimum absolute atomic E-state index is 0.398. The van der Waals surface area contributed by atoms with E-state index in [0.717, 1.165) is 16.9 Å². The first-order valence-corrected chi connectivity index (χ1v) is 5.99. The number of benzene rings is 1. The number of H-pyrrole nitrogens is 1. The van der Waals surface area contributed by atoms with Gasteiger partial charge in [0, 0.05) is 6.42 Å². The van der Waals surface area contributed by atoms with Gasteiger partial charge in [-0.15, -0.1) is 0 Å². The van der Waals surface area contributed by atoms with Crippen molar-refractivity contribution in [2.75, 3.05) is 0 Å². The molecule has 0 saturated heterocycles. The Kier molecular flexibility index (Phi) is 2.89. The van der Waals surface area contributed by atoms with E-state index in [1.54, 1.807) is 13.8 Å². The Morgan fingerprint density at radius 1 is 1.33 bits per heavy atom. The smallest absolute Gasteiger partial charge is 0.309 e. The van der Waals surface area contributed by atoms with Gasteiger partial charge in [-0.25, -0.2) is 4.98 Å². The van der Waals surface area contributed by atoms with Crippen LogP contribution in [0.25, 0.3) is 11.0 Å². The van der Waals surface area contributed by atoms with Crippen molar-refractivity contribution < 1.29 is 9.90 Å². The summed E-state index contributed by atoms with van der Waals surface area (Å²) in [6.45, 7) is 7.51. The van der Waals surface area contributed by atoms with Gasteiger partial charge >= 0.3 is 5.97 Å². The van der Waals surface area contributed by atoms with Gasteiger partial charge in [0.1, 0.15) is 5.82 Å². The van der Waals surface area contributed by atoms with Crippen molar-refractivity contribution in [1.29, 1.82) is 0 Å². The summed E-state index contributed by atoms with van der Waals surface area (Å²) in [4.78, 5) is 18.8. The number of hydrogen-bond acceptors (Lipinski definition) is 2. The van der Waals surface area contributed by atoms with E-state index in [2.05, 4.69) is 23.0 Å². The third-order valence-corrected chi connectivity index (χ3v) is 3.33. The van der Waals surface area contributed by atoms with E-state index in [4.69, 9.17) is 5.11 Å². The van der Waals surface area contributed by atoms with Crippen LogP contribution in [-0.4, -0.2) is 21.0 Å². The fraction of sp³-hybridized carbons (Fsp3) is 0.429. The van der Waals surface area contributed by atoms with Gasteiger partial charge in [-0.3, -0.25) is 4.79 Å². The number of carbonyl (C=O) groups is 1. The Balaban J connectivity index is 2.39. The molecule has 0 bridgehead atoms. The van der Waals surface area contributed by atoms with E-state index < -0.39 is 11.4 Å². The predicted octanol–water partition coefficient (Wildman–Crippen LogP) is 2.83. The van der Waals surface area contributed by atoms with Gasteiger partial charge < -0.3 is 10.1 Å². The zero-order chi connectivity index (χ0) is 13.5. The van der Waals surface area contributed by atoms with Crippen molar-refractivity contribution in [3.63, 3.8) is 0 Å². The summed E-state index contributed by atoms with van der Waals surface area (Å²) >= 11 is 0. The molecule has 4 heteroatoms. The molecule has 2 N–H and O–H groups in total. The van der Waals surface area contributed by atoms with Gasteiger partial charge in [0.15, 0.2) is 0 Å². The Bertz CT molecular complexity index is 573. The Hall–Kier alpha value is -1.84. The molecule has 0 amide bonds. The molecule has 0 unspecified atom stereocenters. The van der Waals surface area contributed by atoms with Crippen LogP contribution in [0.4, 0.5) is 0 Å². The maximum atomic E-state index is 11.1. The molecule has 1 aromatic carbocycles. The van der Waals surface area contributed by atoms with E-state index in [1.165, 1.54) is 11.1 Å². The Labute approximate surface area is 106 Å². The molecule has 18 heavy (non-hydrogen) atoms. The monoisotopic (exact) mass is 246 g/mol. The number of nitrogens with zero attached hydrogens (tertiary/aromatic N) is 1. The van der Waals surface area contributed by atoms with Crippen molar-refractivity contribution in [2.45, 2.75) is 34.1 Å². The standard InChI is InChI=1S/C14H18N2O2/c1-8-5-10-11(6-9(8)2)16-12(15-10)7-14(3,4)13(17)18/h5-6H,7H2,1-4H3,(H,15,16)(H,17,18). The predicted molar refractivity (Wildman–Crippen MR) is 70.7 cm³/mol. The van der Waals surface area contributed by atoms with Gasteiger partial charge in [-0.05, 0) is 51.0 Å². The molecule has 2 rings (SSSR count). The van der Waals surface area contributed by atoms with Crippen LogP contribution < -0.4 is 0 Å². The van der Waals surface area contributed by atoms with Crippen molar-refractivity contribution in [3.8, 4) is 0 Å². The van der Waals surface area contributed by atoms with Gasteiger partial charge in [0.05, 0.1) is 16.4 Å². The number of aryl methyl sites for hydroxylation is 2. The van der Waals surface area contributed by atoms with Crippen molar-refractivity contribution in [3.05, 3.63) is 29.1 Å². The molecule has 0 aliphatic carbocycles. The first kappa shape index (κ1) is 12.6. The molecule has 0 atom stereocenters. The Morgan fingerprint density at radius 3 is 2.56 bits per heavy atom. The lowest BCUT2D eigenvalue weighted by Crippen LogP contribution is -2.26. The number of carboxylic acid groups (broad SMARTS) is 1.